The summed E-state index contributed by atoms with van der Waals surface area (Å²) in [5, 5.41) is 3.17. The first-order valence-electron chi connectivity index (χ1n) is 9.28. The van der Waals surface area contributed by atoms with Crippen molar-refractivity contribution in [1.29, 1.82) is 0 Å². The molecule has 0 bridgehead atoms. The zero-order valence-electron chi connectivity index (χ0n) is 15.4. The van der Waals surface area contributed by atoms with Gasteiger partial charge in [0.15, 0.2) is 0 Å². The summed E-state index contributed by atoms with van der Waals surface area (Å²) in [7, 11) is 1.66. The van der Waals surface area contributed by atoms with Crippen molar-refractivity contribution in [2.24, 2.45) is 5.92 Å². The molecule has 1 amide bonds. The fourth-order valence-electron chi connectivity index (χ4n) is 3.41. The highest BCUT2D eigenvalue weighted by atomic mass is 16.5. The first kappa shape index (κ1) is 18.4. The number of anilines is 1. The highest BCUT2D eigenvalue weighted by Gasteiger charge is 2.24. The molecule has 0 atom stereocenters. The number of methoxy groups -OCH3 is 1. The van der Waals surface area contributed by atoms with E-state index in [2.05, 4.69) is 40.6 Å². The summed E-state index contributed by atoms with van der Waals surface area (Å²) in [6, 6.07) is 14.2. The smallest absolute Gasteiger partial charge is 0.254 e. The van der Waals surface area contributed by atoms with Crippen molar-refractivity contribution in [2.75, 3.05) is 38.7 Å². The first-order chi connectivity index (χ1) is 12.8. The van der Waals surface area contributed by atoms with Crippen LogP contribution in [-0.2, 0) is 11.2 Å². The number of aromatic nitrogens is 1. The maximum Gasteiger partial charge on any atom is 0.254 e. The van der Waals surface area contributed by atoms with Crippen LogP contribution in [0.25, 0.3) is 0 Å². The Morgan fingerprint density at radius 3 is 2.73 bits per heavy atom. The van der Waals surface area contributed by atoms with Crippen molar-refractivity contribution < 1.29 is 9.53 Å². The lowest BCUT2D eigenvalue weighted by molar-refractivity contribution is 0.0690. The van der Waals surface area contributed by atoms with Crippen LogP contribution in [0.2, 0.25) is 0 Å². The van der Waals surface area contributed by atoms with Gasteiger partial charge < -0.3 is 15.0 Å². The molecule has 0 aliphatic carbocycles. The van der Waals surface area contributed by atoms with E-state index in [1.54, 1.807) is 19.4 Å². The van der Waals surface area contributed by atoms with Gasteiger partial charge in [0, 0.05) is 38.5 Å². The molecule has 1 saturated heterocycles. The number of carbonyl (C=O) groups excluding carboxylic acids is 1. The van der Waals surface area contributed by atoms with E-state index in [1.807, 2.05) is 11.0 Å². The average molecular weight is 353 g/mol. The molecule has 26 heavy (non-hydrogen) atoms. The van der Waals surface area contributed by atoms with E-state index in [0.717, 1.165) is 32.4 Å². The number of pyridine rings is 1. The highest BCUT2D eigenvalue weighted by molar-refractivity contribution is 5.94. The largest absolute Gasteiger partial charge is 0.383 e. The minimum absolute atomic E-state index is 0.0975. The number of amides is 1. The summed E-state index contributed by atoms with van der Waals surface area (Å²) in [5.74, 6) is 1.47. The van der Waals surface area contributed by atoms with Crippen molar-refractivity contribution in [3.05, 3.63) is 59.8 Å². The number of hydrogen-bond acceptors (Lipinski definition) is 4. The molecule has 1 aliphatic rings. The second-order valence-corrected chi connectivity index (χ2v) is 6.77. The van der Waals surface area contributed by atoms with Crippen LogP contribution in [0.4, 0.5) is 5.82 Å². The molecule has 1 N–H and O–H groups in total. The van der Waals surface area contributed by atoms with Gasteiger partial charge in [0.25, 0.3) is 5.91 Å². The van der Waals surface area contributed by atoms with Gasteiger partial charge in [-0.1, -0.05) is 30.3 Å². The molecule has 138 valence electrons. The van der Waals surface area contributed by atoms with Gasteiger partial charge in [0.2, 0.25) is 0 Å². The lowest BCUT2D eigenvalue weighted by Gasteiger charge is -2.32. The number of benzene rings is 1. The fourth-order valence-corrected chi connectivity index (χ4v) is 3.41. The summed E-state index contributed by atoms with van der Waals surface area (Å²) in [5.41, 5.74) is 2.08. The van der Waals surface area contributed by atoms with Gasteiger partial charge >= 0.3 is 0 Å². The number of carbonyl (C=O) groups is 1. The molecule has 5 nitrogen and oxygen atoms in total. The maximum absolute atomic E-state index is 12.8. The molecule has 0 saturated carbocycles. The predicted molar refractivity (Wildman–Crippen MR) is 103 cm³/mol. The van der Waals surface area contributed by atoms with Gasteiger partial charge in [-0.05, 0) is 42.9 Å². The Hall–Kier alpha value is -2.40. The van der Waals surface area contributed by atoms with E-state index in [4.69, 9.17) is 4.74 Å². The molecular formula is C21H27N3O2. The van der Waals surface area contributed by atoms with Crippen LogP contribution in [0.5, 0.6) is 0 Å². The lowest BCUT2D eigenvalue weighted by Crippen LogP contribution is -2.39. The molecule has 1 fully saturated rings. The minimum Gasteiger partial charge on any atom is -0.383 e. The van der Waals surface area contributed by atoms with Gasteiger partial charge in [-0.2, -0.15) is 0 Å². The Labute approximate surface area is 155 Å². The highest BCUT2D eigenvalue weighted by Crippen LogP contribution is 2.23. The van der Waals surface area contributed by atoms with E-state index in [0.29, 0.717) is 30.5 Å². The van der Waals surface area contributed by atoms with Crippen molar-refractivity contribution in [1.82, 2.24) is 9.88 Å². The molecule has 5 heteroatoms. The van der Waals surface area contributed by atoms with Crippen LogP contribution in [-0.4, -0.2) is 49.1 Å². The van der Waals surface area contributed by atoms with Gasteiger partial charge in [-0.25, -0.2) is 4.98 Å². The summed E-state index contributed by atoms with van der Waals surface area (Å²) < 4.78 is 5.02. The third-order valence-corrected chi connectivity index (χ3v) is 4.89. The maximum atomic E-state index is 12.8. The van der Waals surface area contributed by atoms with Crippen LogP contribution in [0, 0.1) is 5.92 Å². The summed E-state index contributed by atoms with van der Waals surface area (Å²) in [6.45, 7) is 2.93. The molecule has 2 heterocycles. The number of nitrogens with one attached hydrogen (secondary N) is 1. The van der Waals surface area contributed by atoms with Crippen LogP contribution in [0.3, 0.4) is 0 Å². The van der Waals surface area contributed by atoms with Crippen molar-refractivity contribution >= 4 is 11.7 Å². The van der Waals surface area contributed by atoms with Gasteiger partial charge in [-0.15, -0.1) is 0 Å². The Morgan fingerprint density at radius 1 is 1.23 bits per heavy atom. The Morgan fingerprint density at radius 2 is 2.00 bits per heavy atom. The molecule has 2 aromatic rings. The monoisotopic (exact) mass is 353 g/mol. The second kappa shape index (κ2) is 9.34. The second-order valence-electron chi connectivity index (χ2n) is 6.77. The summed E-state index contributed by atoms with van der Waals surface area (Å²) in [6.07, 6.45) is 4.91. The van der Waals surface area contributed by atoms with E-state index in [1.165, 1.54) is 5.56 Å². The molecule has 1 aromatic heterocycles. The van der Waals surface area contributed by atoms with Crippen molar-refractivity contribution in [3.63, 3.8) is 0 Å². The third kappa shape index (κ3) is 5.05. The fraction of sp³-hybridized carbons (Fsp3) is 0.429. The van der Waals surface area contributed by atoms with E-state index < -0.39 is 0 Å². The molecule has 3 rings (SSSR count). The van der Waals surface area contributed by atoms with Gasteiger partial charge in [0.05, 0.1) is 6.61 Å². The minimum atomic E-state index is 0.0975. The normalized spacial score (nSPS) is 15.0. The van der Waals surface area contributed by atoms with Crippen molar-refractivity contribution in [2.45, 2.75) is 19.3 Å². The molecule has 1 aromatic carbocycles. The standard InChI is InChI=1S/C21H27N3O2/c1-26-14-11-23-20-16-19(7-10-22-20)21(25)24-12-8-18(9-13-24)15-17-5-3-2-4-6-17/h2-7,10,16,18H,8-9,11-15H2,1H3,(H,22,23). The zero-order chi connectivity index (χ0) is 18.2. The number of rotatable bonds is 7. The third-order valence-electron chi connectivity index (χ3n) is 4.89. The molecule has 1 aliphatic heterocycles. The Bertz CT molecular complexity index is 697. The summed E-state index contributed by atoms with van der Waals surface area (Å²) in [4.78, 5) is 19.0. The number of ether oxygens (including phenoxy) is 1. The number of hydrogen-bond donors (Lipinski definition) is 1. The number of piperidine rings is 1. The van der Waals surface area contributed by atoms with Gasteiger partial charge in [-0.3, -0.25) is 4.79 Å². The van der Waals surface area contributed by atoms with Crippen LogP contribution in [0.15, 0.2) is 48.7 Å². The molecule has 0 unspecified atom stereocenters. The van der Waals surface area contributed by atoms with Gasteiger partial charge in [0.1, 0.15) is 5.82 Å². The topological polar surface area (TPSA) is 54.5 Å². The molecule has 0 spiro atoms. The molecule has 0 radical (unpaired) electrons. The lowest BCUT2D eigenvalue weighted by atomic mass is 9.90. The van der Waals surface area contributed by atoms with Crippen molar-refractivity contribution in [3.8, 4) is 0 Å². The number of nitrogens with zero attached hydrogens (tertiary/aromatic N) is 2. The first-order valence-corrected chi connectivity index (χ1v) is 9.28. The number of likely N-dealkylation sites (tertiary alicyclic amines) is 1. The van der Waals surface area contributed by atoms with Crippen LogP contribution >= 0.6 is 0 Å². The summed E-state index contributed by atoms with van der Waals surface area (Å²) >= 11 is 0. The Kier molecular flexibility index (Phi) is 6.61. The van der Waals surface area contributed by atoms with E-state index in [9.17, 15) is 4.79 Å². The zero-order valence-corrected chi connectivity index (χ0v) is 15.4. The average Bonchev–Trinajstić information content (AvgIpc) is 2.69. The SMILES string of the molecule is COCCNc1cc(C(=O)N2CCC(Cc3ccccc3)CC2)ccn1. The van der Waals surface area contributed by atoms with Crippen LogP contribution < -0.4 is 5.32 Å². The molecular weight excluding hydrogens is 326 g/mol. The van der Waals surface area contributed by atoms with E-state index in [-0.39, 0.29) is 5.91 Å². The quantitative estimate of drug-likeness (QED) is 0.777. The predicted octanol–water partition coefficient (Wildman–Crippen LogP) is 3.23. The van der Waals surface area contributed by atoms with E-state index >= 15 is 0 Å². The van der Waals surface area contributed by atoms with Crippen LogP contribution in [0.1, 0.15) is 28.8 Å². The Balaban J connectivity index is 1.52.